The minimum atomic E-state index is -4.70. The summed E-state index contributed by atoms with van der Waals surface area (Å²) in [6.07, 6.45) is -3.98. The van der Waals surface area contributed by atoms with E-state index in [9.17, 15) is 32.8 Å². The van der Waals surface area contributed by atoms with E-state index < -0.39 is 40.3 Å². The van der Waals surface area contributed by atoms with E-state index in [1.54, 1.807) is 13.0 Å². The molecule has 1 heterocycles. The predicted molar refractivity (Wildman–Crippen MR) is 104 cm³/mol. The number of aliphatic hydroxyl groups excluding tert-OH is 1. The van der Waals surface area contributed by atoms with E-state index in [0.29, 0.717) is 43.2 Å². The van der Waals surface area contributed by atoms with Gasteiger partial charge < -0.3 is 15.3 Å². The summed E-state index contributed by atoms with van der Waals surface area (Å²) in [6, 6.07) is 5.83. The van der Waals surface area contributed by atoms with Crippen molar-refractivity contribution in [3.05, 3.63) is 63.5 Å². The van der Waals surface area contributed by atoms with Gasteiger partial charge in [0.05, 0.1) is 22.6 Å². The molecule has 2 aromatic carbocycles. The van der Waals surface area contributed by atoms with Crippen molar-refractivity contribution in [2.45, 2.75) is 38.1 Å². The quantitative estimate of drug-likeness (QED) is 0.404. The van der Waals surface area contributed by atoms with Crippen LogP contribution in [0.15, 0.2) is 36.4 Å². The summed E-state index contributed by atoms with van der Waals surface area (Å²) >= 11 is 0. The molecule has 0 bridgehead atoms. The lowest BCUT2D eigenvalue weighted by Gasteiger charge is -2.34. The Kier molecular flexibility index (Phi) is 6.16. The lowest BCUT2D eigenvalue weighted by Crippen LogP contribution is -2.36. The number of hydrogen-bond donors (Lipinski definition) is 2. The van der Waals surface area contributed by atoms with Gasteiger partial charge in [-0.25, -0.2) is 4.39 Å². The van der Waals surface area contributed by atoms with Crippen LogP contribution in [0.4, 0.5) is 34.6 Å². The van der Waals surface area contributed by atoms with Crippen molar-refractivity contribution in [1.29, 1.82) is 0 Å². The van der Waals surface area contributed by atoms with Crippen LogP contribution in [0.3, 0.4) is 0 Å². The maximum atomic E-state index is 13.9. The number of nitrogens with one attached hydrogen (secondary N) is 1. The molecule has 0 spiro atoms. The molecule has 30 heavy (non-hydrogen) atoms. The van der Waals surface area contributed by atoms with Crippen molar-refractivity contribution in [3.63, 3.8) is 0 Å². The van der Waals surface area contributed by atoms with Crippen LogP contribution in [0.1, 0.15) is 36.9 Å². The number of alkyl halides is 3. The van der Waals surface area contributed by atoms with Crippen LogP contribution < -0.4 is 10.2 Å². The van der Waals surface area contributed by atoms with Crippen molar-refractivity contribution < 1.29 is 27.6 Å². The van der Waals surface area contributed by atoms with Gasteiger partial charge in [0.25, 0.3) is 5.69 Å². The highest BCUT2D eigenvalue weighted by atomic mass is 19.4. The minimum Gasteiger partial charge on any atom is -0.393 e. The molecule has 6 nitrogen and oxygen atoms in total. The smallest absolute Gasteiger partial charge is 0.393 e. The number of aliphatic hydroxyl groups is 1. The summed E-state index contributed by atoms with van der Waals surface area (Å²) < 4.78 is 52.7. The van der Waals surface area contributed by atoms with Gasteiger partial charge in [0.2, 0.25) is 0 Å². The monoisotopic (exact) mass is 427 g/mol. The lowest BCUT2D eigenvalue weighted by molar-refractivity contribution is -0.384. The number of rotatable bonds is 5. The molecule has 0 aromatic heterocycles. The molecule has 3 rings (SSSR count). The summed E-state index contributed by atoms with van der Waals surface area (Å²) in [4.78, 5) is 12.4. The highest BCUT2D eigenvalue weighted by molar-refractivity contribution is 5.65. The zero-order chi connectivity index (χ0) is 22.1. The molecular weight excluding hydrogens is 406 g/mol. The Balaban J connectivity index is 1.92. The highest BCUT2D eigenvalue weighted by Crippen LogP contribution is 2.37. The van der Waals surface area contributed by atoms with Crippen molar-refractivity contribution in [1.82, 2.24) is 0 Å². The Hall–Kier alpha value is -2.88. The summed E-state index contributed by atoms with van der Waals surface area (Å²) in [7, 11) is 0. The number of piperidine rings is 1. The first kappa shape index (κ1) is 21.8. The molecule has 0 amide bonds. The third-order valence-corrected chi connectivity index (χ3v) is 5.16. The average molecular weight is 427 g/mol. The zero-order valence-corrected chi connectivity index (χ0v) is 16.1. The SMILES string of the molecule is CC(Nc1ccc(C(F)(F)F)cc1[N+](=O)[O-])c1cc(F)ccc1N1CCC(O)CC1. The van der Waals surface area contributed by atoms with Crippen LogP contribution in [-0.2, 0) is 6.18 Å². The van der Waals surface area contributed by atoms with Crippen LogP contribution >= 0.6 is 0 Å². The second-order valence-electron chi connectivity index (χ2n) is 7.27. The number of nitrogens with zero attached hydrogens (tertiary/aromatic N) is 2. The van der Waals surface area contributed by atoms with E-state index in [-0.39, 0.29) is 5.69 Å². The van der Waals surface area contributed by atoms with E-state index in [0.717, 1.165) is 12.1 Å². The molecule has 2 N–H and O–H groups in total. The maximum Gasteiger partial charge on any atom is 0.416 e. The van der Waals surface area contributed by atoms with Crippen LogP contribution in [0.2, 0.25) is 0 Å². The molecular formula is C20H21F4N3O3. The fourth-order valence-corrected chi connectivity index (χ4v) is 3.56. The van der Waals surface area contributed by atoms with Gasteiger partial charge in [-0.05, 0) is 50.1 Å². The molecule has 1 unspecified atom stereocenters. The van der Waals surface area contributed by atoms with Gasteiger partial charge in [-0.15, -0.1) is 0 Å². The van der Waals surface area contributed by atoms with Gasteiger partial charge in [0, 0.05) is 30.4 Å². The van der Waals surface area contributed by atoms with E-state index in [1.807, 2.05) is 4.90 Å². The van der Waals surface area contributed by atoms with Crippen molar-refractivity contribution >= 4 is 17.1 Å². The molecule has 0 saturated carbocycles. The third kappa shape index (κ3) is 4.81. The Labute approximate surface area is 170 Å². The molecule has 1 fully saturated rings. The first-order valence-corrected chi connectivity index (χ1v) is 9.41. The molecule has 1 aliphatic rings. The molecule has 2 aromatic rings. The zero-order valence-electron chi connectivity index (χ0n) is 16.1. The number of nitro groups is 1. The molecule has 0 aliphatic carbocycles. The predicted octanol–water partition coefficient (Wildman–Crippen LogP) is 4.89. The van der Waals surface area contributed by atoms with Gasteiger partial charge in [0.15, 0.2) is 0 Å². The van der Waals surface area contributed by atoms with E-state index in [4.69, 9.17) is 0 Å². The minimum absolute atomic E-state index is 0.0928. The van der Waals surface area contributed by atoms with Crippen LogP contribution in [0.5, 0.6) is 0 Å². The topological polar surface area (TPSA) is 78.6 Å². The molecule has 162 valence electrons. The van der Waals surface area contributed by atoms with Crippen molar-refractivity contribution in [3.8, 4) is 0 Å². The van der Waals surface area contributed by atoms with Gasteiger partial charge in [-0.3, -0.25) is 10.1 Å². The second-order valence-corrected chi connectivity index (χ2v) is 7.27. The summed E-state index contributed by atoms with van der Waals surface area (Å²) in [5.74, 6) is -0.499. The Bertz CT molecular complexity index is 928. The summed E-state index contributed by atoms with van der Waals surface area (Å²) in [5, 5.41) is 23.9. The molecule has 1 aliphatic heterocycles. The van der Waals surface area contributed by atoms with Crippen molar-refractivity contribution in [2.75, 3.05) is 23.3 Å². The standard InChI is InChI=1S/C20H21F4N3O3/c1-12(25-17-4-2-13(20(22,23)24)10-19(17)27(29)30)16-11-14(21)3-5-18(16)26-8-6-15(28)7-9-26/h2-5,10-12,15,25,28H,6-9H2,1H3. The average Bonchev–Trinajstić information content (AvgIpc) is 2.68. The number of anilines is 2. The van der Waals surface area contributed by atoms with Crippen molar-refractivity contribution in [2.24, 2.45) is 0 Å². The van der Waals surface area contributed by atoms with Gasteiger partial charge >= 0.3 is 6.18 Å². The maximum absolute atomic E-state index is 13.9. The lowest BCUT2D eigenvalue weighted by atomic mass is 10.0. The molecule has 10 heteroatoms. The number of nitro benzene ring substituents is 1. The van der Waals surface area contributed by atoms with Gasteiger partial charge in [-0.1, -0.05) is 0 Å². The number of hydrogen-bond acceptors (Lipinski definition) is 5. The van der Waals surface area contributed by atoms with E-state index in [2.05, 4.69) is 5.32 Å². The van der Waals surface area contributed by atoms with Gasteiger partial charge in [0.1, 0.15) is 11.5 Å². The first-order chi connectivity index (χ1) is 14.1. The second kappa shape index (κ2) is 8.47. The first-order valence-electron chi connectivity index (χ1n) is 9.41. The van der Waals surface area contributed by atoms with Crippen LogP contribution in [0, 0.1) is 15.9 Å². The fourth-order valence-electron chi connectivity index (χ4n) is 3.56. The third-order valence-electron chi connectivity index (χ3n) is 5.16. The summed E-state index contributed by atoms with van der Waals surface area (Å²) in [5.41, 5.74) is -0.704. The Morgan fingerprint density at radius 3 is 2.47 bits per heavy atom. The number of halogens is 4. The fraction of sp³-hybridized carbons (Fsp3) is 0.400. The van der Waals surface area contributed by atoms with Gasteiger partial charge in [-0.2, -0.15) is 13.2 Å². The molecule has 0 radical (unpaired) electrons. The van der Waals surface area contributed by atoms with E-state index >= 15 is 0 Å². The highest BCUT2D eigenvalue weighted by Gasteiger charge is 2.33. The van der Waals surface area contributed by atoms with Crippen LogP contribution in [0.25, 0.3) is 0 Å². The summed E-state index contributed by atoms with van der Waals surface area (Å²) in [6.45, 7) is 2.78. The molecule has 1 atom stereocenters. The van der Waals surface area contributed by atoms with Crippen LogP contribution in [-0.4, -0.2) is 29.2 Å². The molecule has 1 saturated heterocycles. The Morgan fingerprint density at radius 2 is 1.87 bits per heavy atom. The normalized spacial score (nSPS) is 16.4. The Morgan fingerprint density at radius 1 is 1.20 bits per heavy atom. The largest absolute Gasteiger partial charge is 0.416 e. The van der Waals surface area contributed by atoms with E-state index in [1.165, 1.54) is 12.1 Å². The number of benzene rings is 2.